The highest BCUT2D eigenvalue weighted by Crippen LogP contribution is 2.44. The van der Waals surface area contributed by atoms with E-state index in [9.17, 15) is 22.8 Å². The molecule has 1 heterocycles. The van der Waals surface area contributed by atoms with Crippen LogP contribution in [0.3, 0.4) is 0 Å². The molecule has 0 radical (unpaired) electrons. The van der Waals surface area contributed by atoms with E-state index in [0.29, 0.717) is 29.7 Å². The van der Waals surface area contributed by atoms with Crippen molar-refractivity contribution in [3.05, 3.63) is 46.7 Å². The maximum absolute atomic E-state index is 13.0. The Morgan fingerprint density at radius 2 is 1.88 bits per heavy atom. The molecule has 0 fully saturated rings. The van der Waals surface area contributed by atoms with Crippen LogP contribution in [0.4, 0.5) is 13.2 Å². The van der Waals surface area contributed by atoms with Crippen molar-refractivity contribution in [1.29, 1.82) is 0 Å². The maximum Gasteiger partial charge on any atom is 0.416 e. The molecule has 128 valence electrons. The summed E-state index contributed by atoms with van der Waals surface area (Å²) in [7, 11) is 0. The van der Waals surface area contributed by atoms with Crippen LogP contribution in [-0.2, 0) is 15.8 Å². The third-order valence-electron chi connectivity index (χ3n) is 4.56. The monoisotopic (exact) mass is 337 g/mol. The number of halogens is 3. The van der Waals surface area contributed by atoms with E-state index in [4.69, 9.17) is 0 Å². The fourth-order valence-corrected chi connectivity index (χ4v) is 3.57. The molecule has 1 aliphatic carbocycles. The molecular weight excluding hydrogens is 319 g/mol. The Morgan fingerprint density at radius 3 is 2.54 bits per heavy atom. The molecule has 24 heavy (non-hydrogen) atoms. The highest BCUT2D eigenvalue weighted by molar-refractivity contribution is 6.02. The van der Waals surface area contributed by atoms with Crippen molar-refractivity contribution in [3.8, 4) is 0 Å². The first-order valence-electron chi connectivity index (χ1n) is 7.80. The molecule has 0 bridgehead atoms. The number of amides is 1. The van der Waals surface area contributed by atoms with Crippen molar-refractivity contribution < 1.29 is 22.8 Å². The molecule has 1 unspecified atom stereocenters. The molecule has 3 nitrogen and oxygen atoms in total. The molecule has 0 saturated heterocycles. The Morgan fingerprint density at radius 1 is 1.17 bits per heavy atom. The number of carbonyl (C=O) groups is 2. The number of Topliss-reactive ketones (excluding diaryl/α,β-unsaturated/α-hetero) is 1. The van der Waals surface area contributed by atoms with Gasteiger partial charge in [-0.05, 0) is 23.5 Å². The topological polar surface area (TPSA) is 46.2 Å². The van der Waals surface area contributed by atoms with E-state index in [1.165, 1.54) is 6.07 Å². The van der Waals surface area contributed by atoms with Crippen LogP contribution in [0.1, 0.15) is 50.2 Å². The zero-order chi connectivity index (χ0) is 17.7. The first kappa shape index (κ1) is 16.7. The van der Waals surface area contributed by atoms with Gasteiger partial charge in [-0.1, -0.05) is 32.0 Å². The lowest BCUT2D eigenvalue weighted by molar-refractivity contribution is -0.137. The smallest absolute Gasteiger partial charge is 0.329 e. The molecule has 1 aliphatic heterocycles. The molecule has 0 aromatic heterocycles. The van der Waals surface area contributed by atoms with Crippen LogP contribution in [0.2, 0.25) is 0 Å². The van der Waals surface area contributed by atoms with E-state index >= 15 is 0 Å². The first-order valence-corrected chi connectivity index (χ1v) is 7.80. The number of allylic oxidation sites excluding steroid dienone is 2. The van der Waals surface area contributed by atoms with Crippen molar-refractivity contribution in [3.63, 3.8) is 0 Å². The lowest BCUT2D eigenvalue weighted by Gasteiger charge is -2.37. The summed E-state index contributed by atoms with van der Waals surface area (Å²) < 4.78 is 38.9. The quantitative estimate of drug-likeness (QED) is 0.843. The molecule has 2 aliphatic rings. The number of nitrogens with one attached hydrogen (secondary N) is 1. The average molecular weight is 337 g/mol. The Balaban J connectivity index is 2.07. The largest absolute Gasteiger partial charge is 0.416 e. The molecule has 1 N–H and O–H groups in total. The Hall–Kier alpha value is -2.11. The summed E-state index contributed by atoms with van der Waals surface area (Å²) in [6, 6.07) is 4.91. The summed E-state index contributed by atoms with van der Waals surface area (Å²) in [4.78, 5) is 24.6. The number of alkyl halides is 3. The Bertz CT molecular complexity index is 747. The van der Waals surface area contributed by atoms with Gasteiger partial charge in [0.25, 0.3) is 0 Å². The van der Waals surface area contributed by atoms with Gasteiger partial charge in [0.15, 0.2) is 5.78 Å². The molecule has 1 aromatic rings. The van der Waals surface area contributed by atoms with Crippen LogP contribution in [-0.4, -0.2) is 11.7 Å². The number of hydrogen-bond donors (Lipinski definition) is 1. The average Bonchev–Trinajstić information content (AvgIpc) is 2.43. The van der Waals surface area contributed by atoms with E-state index in [0.717, 1.165) is 12.1 Å². The lowest BCUT2D eigenvalue weighted by Crippen LogP contribution is -2.40. The standard InChI is InChI=1S/C18H18F3NO2/c1-17(2)8-13-16(14(23)9-17)12(7-15(24)22-13)10-4-3-5-11(6-10)18(19,20)21/h3-6,12H,7-9H2,1-2H3,(H,22,24). The van der Waals surface area contributed by atoms with E-state index in [-0.39, 0.29) is 23.5 Å². The van der Waals surface area contributed by atoms with Crippen molar-refractivity contribution >= 4 is 11.7 Å². The second-order valence-corrected chi connectivity index (χ2v) is 7.26. The highest BCUT2D eigenvalue weighted by atomic mass is 19.4. The fraction of sp³-hybridized carbons (Fsp3) is 0.444. The Labute approximate surface area is 137 Å². The summed E-state index contributed by atoms with van der Waals surface area (Å²) in [5.41, 5.74) is 0.360. The molecule has 0 saturated carbocycles. The SMILES string of the molecule is CC1(C)CC(=O)C2=C(C1)NC(=O)CC2c1cccc(C(F)(F)F)c1. The zero-order valence-corrected chi connectivity index (χ0v) is 13.5. The minimum atomic E-state index is -4.46. The number of rotatable bonds is 1. The molecule has 1 atom stereocenters. The zero-order valence-electron chi connectivity index (χ0n) is 13.5. The molecule has 1 aromatic carbocycles. The predicted molar refractivity (Wildman–Crippen MR) is 82.0 cm³/mol. The highest BCUT2D eigenvalue weighted by Gasteiger charge is 2.41. The van der Waals surface area contributed by atoms with Crippen molar-refractivity contribution in [1.82, 2.24) is 5.32 Å². The number of carbonyl (C=O) groups excluding carboxylic acids is 2. The van der Waals surface area contributed by atoms with Crippen LogP contribution in [0.25, 0.3) is 0 Å². The van der Waals surface area contributed by atoms with Crippen LogP contribution in [0.5, 0.6) is 0 Å². The van der Waals surface area contributed by atoms with Gasteiger partial charge in [0.2, 0.25) is 5.91 Å². The number of benzene rings is 1. The number of hydrogen-bond acceptors (Lipinski definition) is 2. The number of ketones is 1. The van der Waals surface area contributed by atoms with Gasteiger partial charge in [0, 0.05) is 30.0 Å². The maximum atomic E-state index is 13.0. The summed E-state index contributed by atoms with van der Waals surface area (Å²) in [6.45, 7) is 3.88. The van der Waals surface area contributed by atoms with Crippen molar-refractivity contribution in [2.75, 3.05) is 0 Å². The van der Waals surface area contributed by atoms with Gasteiger partial charge in [-0.2, -0.15) is 13.2 Å². The van der Waals surface area contributed by atoms with Crippen LogP contribution < -0.4 is 5.32 Å². The second-order valence-electron chi connectivity index (χ2n) is 7.26. The first-order chi connectivity index (χ1) is 11.1. The van der Waals surface area contributed by atoms with E-state index in [2.05, 4.69) is 5.32 Å². The normalized spacial score (nSPS) is 23.8. The molecule has 6 heteroatoms. The molecule has 1 amide bonds. The summed E-state index contributed by atoms with van der Waals surface area (Å²) in [5, 5.41) is 2.75. The van der Waals surface area contributed by atoms with Gasteiger partial charge in [0.05, 0.1) is 5.56 Å². The fourth-order valence-electron chi connectivity index (χ4n) is 3.57. The van der Waals surface area contributed by atoms with Crippen LogP contribution >= 0.6 is 0 Å². The van der Waals surface area contributed by atoms with Gasteiger partial charge in [-0.15, -0.1) is 0 Å². The van der Waals surface area contributed by atoms with E-state index in [1.54, 1.807) is 6.07 Å². The third kappa shape index (κ3) is 3.09. The summed E-state index contributed by atoms with van der Waals surface area (Å²) in [5.74, 6) is -0.968. The lowest BCUT2D eigenvalue weighted by atomic mass is 9.70. The molecule has 0 spiro atoms. The van der Waals surface area contributed by atoms with Crippen molar-refractivity contribution in [2.45, 2.75) is 45.2 Å². The van der Waals surface area contributed by atoms with Crippen molar-refractivity contribution in [2.24, 2.45) is 5.41 Å². The molecular formula is C18H18F3NO2. The van der Waals surface area contributed by atoms with Gasteiger partial charge >= 0.3 is 6.18 Å². The summed E-state index contributed by atoms with van der Waals surface area (Å²) >= 11 is 0. The summed E-state index contributed by atoms with van der Waals surface area (Å²) in [6.07, 6.45) is -3.60. The molecule has 3 rings (SSSR count). The van der Waals surface area contributed by atoms with Gasteiger partial charge in [-0.25, -0.2) is 0 Å². The van der Waals surface area contributed by atoms with Crippen LogP contribution in [0, 0.1) is 5.41 Å². The van der Waals surface area contributed by atoms with Gasteiger partial charge in [0.1, 0.15) is 0 Å². The van der Waals surface area contributed by atoms with E-state index in [1.807, 2.05) is 13.8 Å². The second kappa shape index (κ2) is 5.46. The van der Waals surface area contributed by atoms with Gasteiger partial charge < -0.3 is 5.32 Å². The Kier molecular flexibility index (Phi) is 3.81. The minimum absolute atomic E-state index is 0.00763. The van der Waals surface area contributed by atoms with Crippen LogP contribution in [0.15, 0.2) is 35.5 Å². The third-order valence-corrected chi connectivity index (χ3v) is 4.56. The predicted octanol–water partition coefficient (Wildman–Crippen LogP) is 3.95. The van der Waals surface area contributed by atoms with Gasteiger partial charge in [-0.3, -0.25) is 9.59 Å². The minimum Gasteiger partial charge on any atom is -0.329 e. The van der Waals surface area contributed by atoms with E-state index < -0.39 is 17.7 Å².